The van der Waals surface area contributed by atoms with Gasteiger partial charge in [-0.05, 0) is 24.6 Å². The molecule has 0 aliphatic rings. The van der Waals surface area contributed by atoms with E-state index in [1.54, 1.807) is 6.92 Å². The highest BCUT2D eigenvalue weighted by Crippen LogP contribution is 2.40. The molecule has 0 spiro atoms. The molecule has 0 unspecified atom stereocenters. The van der Waals surface area contributed by atoms with Crippen molar-refractivity contribution in [2.45, 2.75) is 6.92 Å². The number of aromatic nitrogens is 1. The number of benzene rings is 1. The van der Waals surface area contributed by atoms with Gasteiger partial charge in [0.25, 0.3) is 0 Å². The SMILES string of the molecule is COC(=O)c1sc2c(cnc3c(C)cc(F)cc32)c1O. The van der Waals surface area contributed by atoms with Gasteiger partial charge >= 0.3 is 5.97 Å². The van der Waals surface area contributed by atoms with Gasteiger partial charge in [-0.2, -0.15) is 0 Å². The van der Waals surface area contributed by atoms with E-state index in [-0.39, 0.29) is 16.4 Å². The molecule has 4 nitrogen and oxygen atoms in total. The first-order valence-electron chi connectivity index (χ1n) is 5.81. The van der Waals surface area contributed by atoms with Gasteiger partial charge in [-0.3, -0.25) is 4.98 Å². The molecule has 0 saturated heterocycles. The number of rotatable bonds is 1. The number of hydrogen-bond donors (Lipinski definition) is 1. The van der Waals surface area contributed by atoms with E-state index < -0.39 is 5.97 Å². The van der Waals surface area contributed by atoms with Crippen molar-refractivity contribution in [3.05, 3.63) is 34.6 Å². The number of thiophene rings is 1. The van der Waals surface area contributed by atoms with Crippen molar-refractivity contribution in [2.75, 3.05) is 7.11 Å². The van der Waals surface area contributed by atoms with E-state index >= 15 is 0 Å². The van der Waals surface area contributed by atoms with Crippen LogP contribution < -0.4 is 0 Å². The van der Waals surface area contributed by atoms with E-state index in [0.717, 1.165) is 11.3 Å². The van der Waals surface area contributed by atoms with Crippen LogP contribution in [-0.2, 0) is 4.74 Å². The van der Waals surface area contributed by atoms with E-state index in [0.29, 0.717) is 26.6 Å². The summed E-state index contributed by atoms with van der Waals surface area (Å²) < 4.78 is 18.8. The van der Waals surface area contributed by atoms with Crippen LogP contribution in [0.3, 0.4) is 0 Å². The standard InChI is InChI=1S/C14H10FNO3S/c1-6-3-7(15)4-8-10(6)16-5-9-11(17)13(14(18)19-2)20-12(8)9/h3-5,17H,1-2H3. The van der Waals surface area contributed by atoms with Gasteiger partial charge in [-0.25, -0.2) is 9.18 Å². The third-order valence-corrected chi connectivity index (χ3v) is 4.33. The number of aromatic hydroxyl groups is 1. The van der Waals surface area contributed by atoms with Gasteiger partial charge in [0, 0.05) is 11.6 Å². The number of carbonyl (C=O) groups excluding carboxylic acids is 1. The van der Waals surface area contributed by atoms with Crippen molar-refractivity contribution in [1.29, 1.82) is 0 Å². The number of halogens is 1. The largest absolute Gasteiger partial charge is 0.505 e. The molecule has 20 heavy (non-hydrogen) atoms. The van der Waals surface area contributed by atoms with Gasteiger partial charge in [0.1, 0.15) is 11.6 Å². The molecule has 3 rings (SSSR count). The third-order valence-electron chi connectivity index (χ3n) is 3.12. The molecule has 0 radical (unpaired) electrons. The molecule has 3 aromatic rings. The van der Waals surface area contributed by atoms with Crippen molar-refractivity contribution < 1.29 is 19.0 Å². The maximum absolute atomic E-state index is 13.6. The molecule has 0 aliphatic heterocycles. The van der Waals surface area contributed by atoms with Crippen LogP contribution in [0.1, 0.15) is 15.2 Å². The van der Waals surface area contributed by atoms with Crippen molar-refractivity contribution in [1.82, 2.24) is 4.98 Å². The first-order valence-corrected chi connectivity index (χ1v) is 6.63. The molecule has 2 heterocycles. The topological polar surface area (TPSA) is 59.4 Å². The molecule has 0 fully saturated rings. The quantitative estimate of drug-likeness (QED) is 0.698. The van der Waals surface area contributed by atoms with Crippen LogP contribution in [-0.4, -0.2) is 23.2 Å². The Morgan fingerprint density at radius 3 is 2.85 bits per heavy atom. The first kappa shape index (κ1) is 12.8. The van der Waals surface area contributed by atoms with Crippen molar-refractivity contribution in [3.63, 3.8) is 0 Å². The van der Waals surface area contributed by atoms with E-state index in [9.17, 15) is 14.3 Å². The van der Waals surface area contributed by atoms with E-state index in [2.05, 4.69) is 9.72 Å². The van der Waals surface area contributed by atoms with Crippen LogP contribution in [0.15, 0.2) is 18.3 Å². The van der Waals surface area contributed by atoms with E-state index in [1.807, 2.05) is 0 Å². The number of esters is 1. The monoisotopic (exact) mass is 291 g/mol. The maximum atomic E-state index is 13.6. The molecule has 0 amide bonds. The summed E-state index contributed by atoms with van der Waals surface area (Å²) in [7, 11) is 1.24. The summed E-state index contributed by atoms with van der Waals surface area (Å²) in [6, 6.07) is 2.75. The molecule has 0 aliphatic carbocycles. The second-order valence-corrected chi connectivity index (χ2v) is 5.41. The molecule has 2 aromatic heterocycles. The fourth-order valence-corrected chi connectivity index (χ4v) is 3.30. The summed E-state index contributed by atoms with van der Waals surface area (Å²) in [4.78, 5) is 15.9. The highest BCUT2D eigenvalue weighted by Gasteiger charge is 2.20. The fourth-order valence-electron chi connectivity index (χ4n) is 2.20. The van der Waals surface area contributed by atoms with Crippen LogP contribution >= 0.6 is 11.3 Å². The molecular weight excluding hydrogens is 281 g/mol. The van der Waals surface area contributed by atoms with Crippen LogP contribution in [0.5, 0.6) is 5.75 Å². The predicted octanol–water partition coefficient (Wildman–Crippen LogP) is 3.39. The summed E-state index contributed by atoms with van der Waals surface area (Å²) in [5, 5.41) is 11.1. The summed E-state index contributed by atoms with van der Waals surface area (Å²) in [6.07, 6.45) is 1.49. The number of ether oxygens (including phenoxy) is 1. The Morgan fingerprint density at radius 2 is 2.15 bits per heavy atom. The summed E-state index contributed by atoms with van der Waals surface area (Å²) in [5.41, 5.74) is 1.35. The lowest BCUT2D eigenvalue weighted by molar-refractivity contribution is 0.0603. The minimum atomic E-state index is -0.620. The number of pyridine rings is 1. The highest BCUT2D eigenvalue weighted by molar-refractivity contribution is 7.22. The minimum absolute atomic E-state index is 0.0960. The van der Waals surface area contributed by atoms with Gasteiger partial charge in [0.15, 0.2) is 4.88 Å². The number of fused-ring (bicyclic) bond motifs is 3. The molecule has 0 bridgehead atoms. The van der Waals surface area contributed by atoms with Gasteiger partial charge in [0.05, 0.1) is 22.7 Å². The lowest BCUT2D eigenvalue weighted by atomic mass is 10.1. The number of hydrogen-bond acceptors (Lipinski definition) is 5. The van der Waals surface area contributed by atoms with Gasteiger partial charge < -0.3 is 9.84 Å². The van der Waals surface area contributed by atoms with Gasteiger partial charge in [-0.15, -0.1) is 11.3 Å². The summed E-state index contributed by atoms with van der Waals surface area (Å²) in [6.45, 7) is 1.76. The first-order chi connectivity index (χ1) is 9.52. The average Bonchev–Trinajstić information content (AvgIpc) is 2.76. The number of methoxy groups -OCH3 is 1. The second kappa shape index (κ2) is 4.42. The summed E-state index contributed by atoms with van der Waals surface area (Å²) >= 11 is 1.07. The lowest BCUT2D eigenvalue weighted by Crippen LogP contribution is -1.97. The maximum Gasteiger partial charge on any atom is 0.351 e. The third kappa shape index (κ3) is 1.72. The molecular formula is C14H10FNO3S. The zero-order valence-electron chi connectivity index (χ0n) is 10.7. The van der Waals surface area contributed by atoms with E-state index in [4.69, 9.17) is 0 Å². The van der Waals surface area contributed by atoms with Gasteiger partial charge in [-0.1, -0.05) is 0 Å². The van der Waals surface area contributed by atoms with E-state index in [1.165, 1.54) is 25.4 Å². The predicted molar refractivity (Wildman–Crippen MR) is 74.8 cm³/mol. The Kier molecular flexibility index (Phi) is 2.83. The van der Waals surface area contributed by atoms with Crippen molar-refractivity contribution in [3.8, 4) is 5.75 Å². The Labute approximate surface area is 117 Å². The van der Waals surface area contributed by atoms with Gasteiger partial charge in [0.2, 0.25) is 0 Å². The fraction of sp³-hybridized carbons (Fsp3) is 0.143. The molecule has 0 saturated carbocycles. The second-order valence-electron chi connectivity index (χ2n) is 4.39. The van der Waals surface area contributed by atoms with Crippen LogP contribution in [0.4, 0.5) is 4.39 Å². The zero-order valence-corrected chi connectivity index (χ0v) is 11.5. The molecule has 0 atom stereocenters. The minimum Gasteiger partial charge on any atom is -0.505 e. The number of nitrogens with zero attached hydrogens (tertiary/aromatic N) is 1. The molecule has 1 aromatic carbocycles. The van der Waals surface area contributed by atoms with Crippen LogP contribution in [0.2, 0.25) is 0 Å². The normalized spacial score (nSPS) is 11.2. The Balaban J connectivity index is 2.45. The Bertz CT molecular complexity index is 857. The Hall–Kier alpha value is -2.21. The van der Waals surface area contributed by atoms with Crippen LogP contribution in [0, 0.1) is 12.7 Å². The zero-order chi connectivity index (χ0) is 14.4. The molecule has 1 N–H and O–H groups in total. The average molecular weight is 291 g/mol. The van der Waals surface area contributed by atoms with Crippen molar-refractivity contribution in [2.24, 2.45) is 0 Å². The number of aryl methyl sites for hydroxylation is 1. The highest BCUT2D eigenvalue weighted by atomic mass is 32.1. The molecule has 102 valence electrons. The molecule has 6 heteroatoms. The van der Waals surface area contributed by atoms with Crippen LogP contribution in [0.25, 0.3) is 21.0 Å². The summed E-state index contributed by atoms with van der Waals surface area (Å²) in [5.74, 6) is -1.17. The lowest BCUT2D eigenvalue weighted by Gasteiger charge is -2.02. The van der Waals surface area contributed by atoms with Crippen molar-refractivity contribution >= 4 is 38.3 Å². The smallest absolute Gasteiger partial charge is 0.351 e. The number of carbonyl (C=O) groups is 1. The Morgan fingerprint density at radius 1 is 1.40 bits per heavy atom.